The molecule has 0 aliphatic heterocycles. The summed E-state index contributed by atoms with van der Waals surface area (Å²) >= 11 is 18.2. The number of carbonyl (C=O) groups excluding carboxylic acids is 1. The minimum atomic E-state index is -0.331. The summed E-state index contributed by atoms with van der Waals surface area (Å²) < 4.78 is 0. The molecule has 1 amide bonds. The lowest BCUT2D eigenvalue weighted by Crippen LogP contribution is -2.52. The maximum atomic E-state index is 12.4. The van der Waals surface area contributed by atoms with E-state index in [0.29, 0.717) is 27.4 Å². The Balaban J connectivity index is 2.19. The van der Waals surface area contributed by atoms with Crippen molar-refractivity contribution in [3.8, 4) is 0 Å². The number of amides is 1. The lowest BCUT2D eigenvalue weighted by molar-refractivity contribution is 0.0867. The molecule has 0 radical (unpaired) electrons. The average molecular weight is 335 g/mol. The molecule has 0 bridgehead atoms. The van der Waals surface area contributed by atoms with Crippen molar-refractivity contribution in [1.82, 2.24) is 5.32 Å². The summed E-state index contributed by atoms with van der Waals surface area (Å²) in [6, 6.07) is 5.07. The van der Waals surface area contributed by atoms with Gasteiger partial charge < -0.3 is 5.32 Å². The van der Waals surface area contributed by atoms with Gasteiger partial charge >= 0.3 is 0 Å². The first-order valence-corrected chi connectivity index (χ1v) is 8.09. The van der Waals surface area contributed by atoms with Gasteiger partial charge in [-0.2, -0.15) is 0 Å². The predicted octanol–water partition coefficient (Wildman–Crippen LogP) is 4.91. The van der Waals surface area contributed by atoms with Gasteiger partial charge in [0.15, 0.2) is 0 Å². The number of rotatable bonds is 3. The first kappa shape index (κ1) is 15.9. The summed E-state index contributed by atoms with van der Waals surface area (Å²) in [5, 5.41) is 3.76. The zero-order chi connectivity index (χ0) is 14.8. The van der Waals surface area contributed by atoms with Crippen LogP contribution in [0.15, 0.2) is 18.2 Å². The number of alkyl halides is 1. The van der Waals surface area contributed by atoms with Crippen LogP contribution in [0.25, 0.3) is 0 Å². The minimum Gasteiger partial charge on any atom is -0.345 e. The van der Waals surface area contributed by atoms with E-state index in [1.165, 1.54) is 6.42 Å². The molecule has 1 saturated carbocycles. The molecule has 0 aromatic heterocycles. The molecule has 2 atom stereocenters. The van der Waals surface area contributed by atoms with Crippen LogP contribution in [-0.4, -0.2) is 17.3 Å². The van der Waals surface area contributed by atoms with Gasteiger partial charge in [-0.15, -0.1) is 11.6 Å². The second-order valence-electron chi connectivity index (χ2n) is 5.67. The van der Waals surface area contributed by atoms with Crippen molar-refractivity contribution in [2.45, 2.75) is 38.1 Å². The Bertz CT molecular complexity index is 506. The van der Waals surface area contributed by atoms with Crippen LogP contribution in [0.2, 0.25) is 10.0 Å². The van der Waals surface area contributed by atoms with Crippen molar-refractivity contribution in [3.05, 3.63) is 33.8 Å². The molecule has 0 spiro atoms. The summed E-state index contributed by atoms with van der Waals surface area (Å²) in [6.07, 6.45) is 4.08. The van der Waals surface area contributed by atoms with Crippen LogP contribution in [0.3, 0.4) is 0 Å². The van der Waals surface area contributed by atoms with E-state index in [-0.39, 0.29) is 11.4 Å². The number of nitrogens with one attached hydrogen (secondary N) is 1. The second-order valence-corrected chi connectivity index (χ2v) is 6.72. The maximum Gasteiger partial charge on any atom is 0.253 e. The Morgan fingerprint density at radius 2 is 2.20 bits per heavy atom. The monoisotopic (exact) mass is 333 g/mol. The number of hydrogen-bond acceptors (Lipinski definition) is 1. The lowest BCUT2D eigenvalue weighted by atomic mass is 9.77. The van der Waals surface area contributed by atoms with Crippen molar-refractivity contribution in [1.29, 1.82) is 0 Å². The molecular weight excluding hydrogens is 317 g/mol. The number of halogens is 3. The van der Waals surface area contributed by atoms with E-state index < -0.39 is 0 Å². The molecule has 2 nitrogen and oxygen atoms in total. The van der Waals surface area contributed by atoms with E-state index >= 15 is 0 Å². The molecule has 0 saturated heterocycles. The van der Waals surface area contributed by atoms with Gasteiger partial charge in [-0.1, -0.05) is 49.0 Å². The minimum absolute atomic E-state index is 0.202. The Kier molecular flexibility index (Phi) is 5.22. The molecule has 0 heterocycles. The van der Waals surface area contributed by atoms with Crippen LogP contribution in [0, 0.1) is 5.92 Å². The van der Waals surface area contributed by atoms with E-state index in [4.69, 9.17) is 34.8 Å². The topological polar surface area (TPSA) is 29.1 Å². The van der Waals surface area contributed by atoms with Gasteiger partial charge in [0.1, 0.15) is 0 Å². The van der Waals surface area contributed by atoms with Gasteiger partial charge in [-0.3, -0.25) is 4.79 Å². The number of benzene rings is 1. The number of hydrogen-bond donors (Lipinski definition) is 1. The molecule has 1 fully saturated rings. The quantitative estimate of drug-likeness (QED) is 0.782. The summed E-state index contributed by atoms with van der Waals surface area (Å²) in [7, 11) is 0. The van der Waals surface area contributed by atoms with E-state index in [1.807, 2.05) is 0 Å². The molecule has 1 aromatic rings. The smallest absolute Gasteiger partial charge is 0.253 e. The fourth-order valence-electron chi connectivity index (χ4n) is 2.92. The molecule has 110 valence electrons. The van der Waals surface area contributed by atoms with Crippen molar-refractivity contribution < 1.29 is 4.79 Å². The lowest BCUT2D eigenvalue weighted by Gasteiger charge is -2.39. The summed E-state index contributed by atoms with van der Waals surface area (Å²) in [5.41, 5.74) is 0.0731. The largest absolute Gasteiger partial charge is 0.345 e. The third-order valence-electron chi connectivity index (χ3n) is 3.92. The molecule has 1 N–H and O–H groups in total. The zero-order valence-electron chi connectivity index (χ0n) is 11.4. The Labute approximate surface area is 134 Å². The van der Waals surface area contributed by atoms with Crippen LogP contribution in [0.5, 0.6) is 0 Å². The Hall–Kier alpha value is -0.440. The average Bonchev–Trinajstić information content (AvgIpc) is 2.41. The highest BCUT2D eigenvalue weighted by Gasteiger charge is 2.36. The van der Waals surface area contributed by atoms with Gasteiger partial charge in [0, 0.05) is 5.88 Å². The fraction of sp³-hybridized carbons (Fsp3) is 0.533. The third-order valence-corrected chi connectivity index (χ3v) is 5.25. The van der Waals surface area contributed by atoms with E-state index in [9.17, 15) is 4.79 Å². The van der Waals surface area contributed by atoms with Gasteiger partial charge in [0.05, 0.1) is 21.1 Å². The number of carbonyl (C=O) groups is 1. The molecule has 2 unspecified atom stereocenters. The highest BCUT2D eigenvalue weighted by molar-refractivity contribution is 6.43. The van der Waals surface area contributed by atoms with E-state index in [2.05, 4.69) is 12.2 Å². The van der Waals surface area contributed by atoms with Crippen LogP contribution in [0.1, 0.15) is 43.0 Å². The second kappa shape index (κ2) is 6.55. The third kappa shape index (κ3) is 3.41. The van der Waals surface area contributed by atoms with Gasteiger partial charge in [-0.25, -0.2) is 0 Å². The zero-order valence-corrected chi connectivity index (χ0v) is 13.7. The Morgan fingerprint density at radius 1 is 1.45 bits per heavy atom. The van der Waals surface area contributed by atoms with Crippen LogP contribution >= 0.6 is 34.8 Å². The highest BCUT2D eigenvalue weighted by atomic mass is 35.5. The van der Waals surface area contributed by atoms with Crippen molar-refractivity contribution in [2.24, 2.45) is 5.92 Å². The van der Waals surface area contributed by atoms with Gasteiger partial charge in [0.25, 0.3) is 5.91 Å². The summed E-state index contributed by atoms with van der Waals surface area (Å²) in [6.45, 7) is 2.19. The van der Waals surface area contributed by atoms with Gasteiger partial charge in [-0.05, 0) is 30.9 Å². The van der Waals surface area contributed by atoms with Crippen LogP contribution in [-0.2, 0) is 0 Å². The summed E-state index contributed by atoms with van der Waals surface area (Å²) in [4.78, 5) is 12.4. The standard InChI is InChI=1S/C15H18Cl3NO/c1-10-4-3-7-15(8-10,9-16)19-14(20)11-5-2-6-12(17)13(11)18/h2,5-6,10H,3-4,7-9H2,1H3,(H,19,20). The van der Waals surface area contributed by atoms with Crippen LogP contribution < -0.4 is 5.32 Å². The molecule has 1 aromatic carbocycles. The fourth-order valence-corrected chi connectivity index (χ4v) is 3.61. The normalized spacial score (nSPS) is 26.3. The Morgan fingerprint density at radius 3 is 2.85 bits per heavy atom. The summed E-state index contributed by atoms with van der Waals surface area (Å²) in [5.74, 6) is 0.784. The molecule has 1 aliphatic carbocycles. The highest BCUT2D eigenvalue weighted by Crippen LogP contribution is 2.34. The van der Waals surface area contributed by atoms with Crippen LogP contribution in [0.4, 0.5) is 0 Å². The maximum absolute atomic E-state index is 12.4. The molecular formula is C15H18Cl3NO. The molecule has 2 rings (SSSR count). The van der Waals surface area contributed by atoms with Crippen molar-refractivity contribution in [2.75, 3.05) is 5.88 Å². The first-order chi connectivity index (χ1) is 9.47. The first-order valence-electron chi connectivity index (χ1n) is 6.80. The van der Waals surface area contributed by atoms with E-state index in [0.717, 1.165) is 19.3 Å². The molecule has 20 heavy (non-hydrogen) atoms. The molecule has 1 aliphatic rings. The predicted molar refractivity (Wildman–Crippen MR) is 85.0 cm³/mol. The van der Waals surface area contributed by atoms with Crippen molar-refractivity contribution in [3.63, 3.8) is 0 Å². The molecule has 5 heteroatoms. The van der Waals surface area contributed by atoms with Crippen molar-refractivity contribution >= 4 is 40.7 Å². The SMILES string of the molecule is CC1CCCC(CCl)(NC(=O)c2cccc(Cl)c2Cl)C1. The van der Waals surface area contributed by atoms with Gasteiger partial charge in [0.2, 0.25) is 0 Å². The van der Waals surface area contributed by atoms with E-state index in [1.54, 1.807) is 18.2 Å².